The van der Waals surface area contributed by atoms with E-state index in [2.05, 4.69) is 0 Å². The van der Waals surface area contributed by atoms with Crippen LogP contribution in [-0.4, -0.2) is 0 Å². The molecule has 0 unspecified atom stereocenters. The first-order valence-corrected chi connectivity index (χ1v) is 4.40. The van der Waals surface area contributed by atoms with Gasteiger partial charge in [0.05, 0.1) is 0 Å². The van der Waals surface area contributed by atoms with Crippen molar-refractivity contribution in [3.63, 3.8) is 0 Å². The summed E-state index contributed by atoms with van der Waals surface area (Å²) in [5, 5.41) is 0. The van der Waals surface area contributed by atoms with Crippen molar-refractivity contribution in [2.75, 3.05) is 11.5 Å². The summed E-state index contributed by atoms with van der Waals surface area (Å²) in [4.78, 5) is 0. The second kappa shape index (κ2) is 8.01. The van der Waals surface area contributed by atoms with E-state index in [-0.39, 0.29) is 19.5 Å². The van der Waals surface area contributed by atoms with Crippen molar-refractivity contribution < 1.29 is 19.5 Å². The third kappa shape index (κ3) is 6.70. The number of anilines is 2. The second-order valence-corrected chi connectivity index (χ2v) is 2.82. The van der Waals surface area contributed by atoms with Crippen molar-refractivity contribution in [1.82, 2.24) is 0 Å². The number of para-hydroxylation sites is 2. The Bertz CT molecular complexity index is 311. The third-order valence-electron chi connectivity index (χ3n) is 1.60. The first-order valence-electron chi connectivity index (χ1n) is 4.40. The molecule has 2 aromatic rings. The molecule has 0 bridgehead atoms. The third-order valence-corrected chi connectivity index (χ3v) is 1.60. The number of hydrogen-bond acceptors (Lipinski definition) is 2. The van der Waals surface area contributed by atoms with Gasteiger partial charge in [-0.1, -0.05) is 36.4 Å². The Morgan fingerprint density at radius 3 is 0.933 bits per heavy atom. The van der Waals surface area contributed by atoms with E-state index in [9.17, 15) is 0 Å². The van der Waals surface area contributed by atoms with Crippen LogP contribution >= 0.6 is 0 Å². The topological polar surface area (TPSA) is 52.0 Å². The Balaban J connectivity index is 0.000000245. The summed E-state index contributed by atoms with van der Waals surface area (Å²) in [5.74, 6) is 0. The molecule has 15 heavy (non-hydrogen) atoms. The van der Waals surface area contributed by atoms with Crippen LogP contribution in [0.15, 0.2) is 60.7 Å². The fraction of sp³-hybridized carbons (Fsp3) is 0. The van der Waals surface area contributed by atoms with Gasteiger partial charge in [-0.3, -0.25) is 0 Å². The van der Waals surface area contributed by atoms with E-state index in [1.165, 1.54) is 0 Å². The summed E-state index contributed by atoms with van der Waals surface area (Å²) >= 11 is 0. The zero-order valence-corrected chi connectivity index (χ0v) is 9.90. The Labute approximate surface area is 103 Å². The van der Waals surface area contributed by atoms with Crippen LogP contribution in [-0.2, 0) is 19.5 Å². The first-order chi connectivity index (χ1) is 6.79. The van der Waals surface area contributed by atoms with Gasteiger partial charge in [0.1, 0.15) is 0 Å². The summed E-state index contributed by atoms with van der Waals surface area (Å²) in [6.45, 7) is 0. The molecule has 2 rings (SSSR count). The SMILES string of the molecule is Nc1ccccc1.Nc1ccccc1.[Rh]. The minimum Gasteiger partial charge on any atom is -0.399 e. The number of nitrogens with two attached hydrogens (primary N) is 2. The van der Waals surface area contributed by atoms with E-state index in [1.54, 1.807) is 0 Å². The zero-order valence-electron chi connectivity index (χ0n) is 8.26. The summed E-state index contributed by atoms with van der Waals surface area (Å²) in [5.41, 5.74) is 12.4. The molecule has 3 heteroatoms. The smallest absolute Gasteiger partial charge is 0.0313 e. The molecule has 0 saturated carbocycles. The van der Waals surface area contributed by atoms with E-state index in [0.29, 0.717) is 0 Å². The van der Waals surface area contributed by atoms with Gasteiger partial charge in [-0.2, -0.15) is 0 Å². The van der Waals surface area contributed by atoms with Crippen LogP contribution in [0.4, 0.5) is 11.4 Å². The fourth-order valence-electron chi connectivity index (χ4n) is 0.906. The van der Waals surface area contributed by atoms with Gasteiger partial charge in [0.2, 0.25) is 0 Å². The van der Waals surface area contributed by atoms with Gasteiger partial charge in [0.15, 0.2) is 0 Å². The van der Waals surface area contributed by atoms with Gasteiger partial charge >= 0.3 is 0 Å². The van der Waals surface area contributed by atoms with Crippen LogP contribution in [0.2, 0.25) is 0 Å². The van der Waals surface area contributed by atoms with Gasteiger partial charge in [0, 0.05) is 30.9 Å². The standard InChI is InChI=1S/2C6H7N.Rh/c2*7-6-4-2-1-3-5-6;/h2*1-5H,7H2;. The Morgan fingerprint density at radius 1 is 0.533 bits per heavy atom. The van der Waals surface area contributed by atoms with Crippen LogP contribution in [0, 0.1) is 0 Å². The normalized spacial score (nSPS) is 8.00. The van der Waals surface area contributed by atoms with Crippen molar-refractivity contribution in [2.24, 2.45) is 0 Å². The molecule has 4 N–H and O–H groups in total. The minimum atomic E-state index is 0. The maximum absolute atomic E-state index is 5.36. The first kappa shape index (κ1) is 13.7. The fourth-order valence-corrected chi connectivity index (χ4v) is 0.906. The van der Waals surface area contributed by atoms with Crippen molar-refractivity contribution >= 4 is 11.4 Å². The van der Waals surface area contributed by atoms with Gasteiger partial charge < -0.3 is 11.5 Å². The summed E-state index contributed by atoms with van der Waals surface area (Å²) in [6, 6.07) is 19.0. The Kier molecular flexibility index (Phi) is 7.30. The Morgan fingerprint density at radius 2 is 0.800 bits per heavy atom. The molecule has 0 aliphatic heterocycles. The molecule has 0 aliphatic rings. The van der Waals surface area contributed by atoms with Gasteiger partial charge in [-0.05, 0) is 24.3 Å². The molecule has 2 aromatic carbocycles. The number of hydrogen-bond donors (Lipinski definition) is 2. The molecule has 0 atom stereocenters. The van der Waals surface area contributed by atoms with Crippen molar-refractivity contribution in [3.05, 3.63) is 60.7 Å². The maximum atomic E-state index is 5.36. The predicted octanol–water partition coefficient (Wildman–Crippen LogP) is 2.54. The van der Waals surface area contributed by atoms with Crippen LogP contribution in [0.3, 0.4) is 0 Å². The van der Waals surface area contributed by atoms with Crippen molar-refractivity contribution in [2.45, 2.75) is 0 Å². The van der Waals surface area contributed by atoms with Crippen LogP contribution in [0.25, 0.3) is 0 Å². The average molecular weight is 289 g/mol. The molecule has 0 aliphatic carbocycles. The summed E-state index contributed by atoms with van der Waals surface area (Å²) < 4.78 is 0. The number of rotatable bonds is 0. The molecule has 0 spiro atoms. The van der Waals surface area contributed by atoms with Crippen LogP contribution in [0.5, 0.6) is 0 Å². The average Bonchev–Trinajstić information content (AvgIpc) is 2.21. The molecule has 0 aromatic heterocycles. The largest absolute Gasteiger partial charge is 0.399 e. The quantitative estimate of drug-likeness (QED) is 0.578. The zero-order chi connectivity index (χ0) is 10.2. The number of nitrogen functional groups attached to an aromatic ring is 2. The predicted molar refractivity (Wildman–Crippen MR) is 61.7 cm³/mol. The Hall–Kier alpha value is -1.34. The van der Waals surface area contributed by atoms with Crippen LogP contribution < -0.4 is 11.5 Å². The van der Waals surface area contributed by atoms with E-state index in [0.717, 1.165) is 11.4 Å². The van der Waals surface area contributed by atoms with E-state index < -0.39 is 0 Å². The molecular weight excluding hydrogens is 275 g/mol. The van der Waals surface area contributed by atoms with E-state index in [4.69, 9.17) is 11.5 Å². The maximum Gasteiger partial charge on any atom is 0.0313 e. The molecule has 0 fully saturated rings. The van der Waals surface area contributed by atoms with Gasteiger partial charge in [0.25, 0.3) is 0 Å². The number of benzene rings is 2. The van der Waals surface area contributed by atoms with Gasteiger partial charge in [-0.15, -0.1) is 0 Å². The monoisotopic (exact) mass is 289 g/mol. The molecule has 0 amide bonds. The second-order valence-electron chi connectivity index (χ2n) is 2.82. The molecular formula is C12H14N2Rh. The molecule has 2 nitrogen and oxygen atoms in total. The molecule has 1 radical (unpaired) electrons. The molecule has 81 valence electrons. The summed E-state index contributed by atoms with van der Waals surface area (Å²) in [7, 11) is 0. The van der Waals surface area contributed by atoms with E-state index in [1.807, 2.05) is 60.7 Å². The molecule has 0 heterocycles. The van der Waals surface area contributed by atoms with Gasteiger partial charge in [-0.25, -0.2) is 0 Å². The molecule has 0 saturated heterocycles. The summed E-state index contributed by atoms with van der Waals surface area (Å²) in [6.07, 6.45) is 0. The van der Waals surface area contributed by atoms with Crippen molar-refractivity contribution in [1.29, 1.82) is 0 Å². The van der Waals surface area contributed by atoms with E-state index >= 15 is 0 Å². The van der Waals surface area contributed by atoms with Crippen molar-refractivity contribution in [3.8, 4) is 0 Å². The van der Waals surface area contributed by atoms with Crippen LogP contribution in [0.1, 0.15) is 0 Å². The minimum absolute atomic E-state index is 0.